The molecule has 0 amide bonds. The lowest BCUT2D eigenvalue weighted by molar-refractivity contribution is -0.130. The standard InChI is InChI=1S/C13H20N2O2/c1-11-4-2-5-12(15-11)8-17-13(9-14)6-3-7-16-10-13/h2,4-5H,3,6-10,14H2,1H3. The Morgan fingerprint density at radius 3 is 3.06 bits per heavy atom. The van der Waals surface area contributed by atoms with Gasteiger partial charge < -0.3 is 15.2 Å². The molecule has 2 heterocycles. The Hall–Kier alpha value is -0.970. The number of hydrogen-bond acceptors (Lipinski definition) is 4. The molecule has 0 saturated carbocycles. The summed E-state index contributed by atoms with van der Waals surface area (Å²) in [6, 6.07) is 5.94. The highest BCUT2D eigenvalue weighted by molar-refractivity contribution is 5.09. The van der Waals surface area contributed by atoms with Crippen LogP contribution in [0.1, 0.15) is 24.2 Å². The van der Waals surface area contributed by atoms with Crippen LogP contribution in [0.25, 0.3) is 0 Å². The molecule has 4 heteroatoms. The van der Waals surface area contributed by atoms with Crippen molar-refractivity contribution in [1.82, 2.24) is 4.98 Å². The number of rotatable bonds is 4. The van der Waals surface area contributed by atoms with Gasteiger partial charge in [-0.05, 0) is 31.9 Å². The van der Waals surface area contributed by atoms with Gasteiger partial charge in [0.25, 0.3) is 0 Å². The Morgan fingerprint density at radius 1 is 1.53 bits per heavy atom. The monoisotopic (exact) mass is 236 g/mol. The molecular weight excluding hydrogens is 216 g/mol. The van der Waals surface area contributed by atoms with E-state index in [0.717, 1.165) is 30.8 Å². The number of hydrogen-bond donors (Lipinski definition) is 1. The van der Waals surface area contributed by atoms with Crippen LogP contribution in [-0.2, 0) is 16.1 Å². The molecule has 1 aromatic heterocycles. The van der Waals surface area contributed by atoms with Crippen molar-refractivity contribution in [1.29, 1.82) is 0 Å². The summed E-state index contributed by atoms with van der Waals surface area (Å²) in [6.45, 7) is 4.39. The van der Waals surface area contributed by atoms with E-state index in [0.29, 0.717) is 19.8 Å². The van der Waals surface area contributed by atoms with E-state index in [1.807, 2.05) is 25.1 Å². The van der Waals surface area contributed by atoms with Gasteiger partial charge in [0, 0.05) is 18.8 Å². The maximum Gasteiger partial charge on any atom is 0.104 e. The van der Waals surface area contributed by atoms with Crippen LogP contribution in [0, 0.1) is 6.92 Å². The van der Waals surface area contributed by atoms with Crippen molar-refractivity contribution in [3.63, 3.8) is 0 Å². The molecule has 17 heavy (non-hydrogen) atoms. The largest absolute Gasteiger partial charge is 0.378 e. The van der Waals surface area contributed by atoms with Crippen molar-refractivity contribution >= 4 is 0 Å². The van der Waals surface area contributed by atoms with Gasteiger partial charge in [0.1, 0.15) is 5.60 Å². The van der Waals surface area contributed by atoms with Gasteiger partial charge in [0.15, 0.2) is 0 Å². The lowest BCUT2D eigenvalue weighted by atomic mass is 9.96. The second-order valence-corrected chi connectivity index (χ2v) is 4.60. The van der Waals surface area contributed by atoms with Crippen LogP contribution >= 0.6 is 0 Å². The van der Waals surface area contributed by atoms with Gasteiger partial charge in [0.2, 0.25) is 0 Å². The van der Waals surface area contributed by atoms with Crippen molar-refractivity contribution in [2.45, 2.75) is 32.0 Å². The molecule has 4 nitrogen and oxygen atoms in total. The zero-order valence-corrected chi connectivity index (χ0v) is 10.3. The number of aromatic nitrogens is 1. The van der Waals surface area contributed by atoms with E-state index in [2.05, 4.69) is 4.98 Å². The van der Waals surface area contributed by atoms with Crippen molar-refractivity contribution in [3.05, 3.63) is 29.6 Å². The minimum atomic E-state index is -0.316. The molecule has 2 rings (SSSR count). The molecular formula is C13H20N2O2. The molecule has 0 radical (unpaired) electrons. The van der Waals surface area contributed by atoms with Crippen LogP contribution in [0.5, 0.6) is 0 Å². The third-order valence-corrected chi connectivity index (χ3v) is 3.13. The third kappa shape index (κ3) is 3.25. The number of ether oxygens (including phenoxy) is 2. The molecule has 2 N–H and O–H groups in total. The first kappa shape index (κ1) is 12.5. The summed E-state index contributed by atoms with van der Waals surface area (Å²) in [6.07, 6.45) is 1.98. The van der Waals surface area contributed by atoms with Crippen LogP contribution in [0.3, 0.4) is 0 Å². The minimum Gasteiger partial charge on any atom is -0.378 e. The van der Waals surface area contributed by atoms with Gasteiger partial charge in [0.05, 0.1) is 18.9 Å². The average molecular weight is 236 g/mol. The first-order chi connectivity index (χ1) is 8.24. The Morgan fingerprint density at radius 2 is 2.41 bits per heavy atom. The summed E-state index contributed by atoms with van der Waals surface area (Å²) >= 11 is 0. The number of pyridine rings is 1. The quantitative estimate of drug-likeness (QED) is 0.859. The predicted molar refractivity (Wildman–Crippen MR) is 65.6 cm³/mol. The van der Waals surface area contributed by atoms with Gasteiger partial charge in [-0.3, -0.25) is 4.98 Å². The van der Waals surface area contributed by atoms with E-state index in [1.165, 1.54) is 0 Å². The van der Waals surface area contributed by atoms with Gasteiger partial charge >= 0.3 is 0 Å². The van der Waals surface area contributed by atoms with Crippen molar-refractivity contribution in [2.75, 3.05) is 19.8 Å². The Kier molecular flexibility index (Phi) is 4.10. The van der Waals surface area contributed by atoms with Crippen molar-refractivity contribution < 1.29 is 9.47 Å². The zero-order chi connectivity index (χ0) is 12.1. The van der Waals surface area contributed by atoms with E-state index < -0.39 is 0 Å². The summed E-state index contributed by atoms with van der Waals surface area (Å²) in [7, 11) is 0. The number of nitrogens with two attached hydrogens (primary N) is 1. The predicted octanol–water partition coefficient (Wildman–Crippen LogP) is 1.41. The maximum absolute atomic E-state index is 5.95. The Labute approximate surface area is 102 Å². The normalized spacial score (nSPS) is 24.8. The van der Waals surface area contributed by atoms with Crippen LogP contribution in [0.4, 0.5) is 0 Å². The fourth-order valence-electron chi connectivity index (χ4n) is 2.07. The Balaban J connectivity index is 1.95. The summed E-state index contributed by atoms with van der Waals surface area (Å²) in [5.41, 5.74) is 7.45. The topological polar surface area (TPSA) is 57.4 Å². The number of aryl methyl sites for hydroxylation is 1. The molecule has 94 valence electrons. The third-order valence-electron chi connectivity index (χ3n) is 3.13. The molecule has 0 bridgehead atoms. The van der Waals surface area contributed by atoms with E-state index >= 15 is 0 Å². The van der Waals surface area contributed by atoms with E-state index in [1.54, 1.807) is 0 Å². The van der Waals surface area contributed by atoms with Gasteiger partial charge in [-0.15, -0.1) is 0 Å². The first-order valence-corrected chi connectivity index (χ1v) is 6.08. The SMILES string of the molecule is Cc1cccc(COC2(CN)CCCOC2)n1. The maximum atomic E-state index is 5.95. The lowest BCUT2D eigenvalue weighted by Gasteiger charge is -2.35. The second kappa shape index (κ2) is 5.58. The summed E-state index contributed by atoms with van der Waals surface area (Å²) in [5.74, 6) is 0. The van der Waals surface area contributed by atoms with Crippen molar-refractivity contribution in [3.8, 4) is 0 Å². The first-order valence-electron chi connectivity index (χ1n) is 6.08. The van der Waals surface area contributed by atoms with E-state index in [9.17, 15) is 0 Å². The van der Waals surface area contributed by atoms with Crippen LogP contribution < -0.4 is 5.73 Å². The fraction of sp³-hybridized carbons (Fsp3) is 0.615. The summed E-state index contributed by atoms with van der Waals surface area (Å²) < 4.78 is 11.4. The van der Waals surface area contributed by atoms with Crippen molar-refractivity contribution in [2.24, 2.45) is 5.73 Å². The highest BCUT2D eigenvalue weighted by Crippen LogP contribution is 2.23. The molecule has 1 unspecified atom stereocenters. The highest BCUT2D eigenvalue weighted by Gasteiger charge is 2.32. The van der Waals surface area contributed by atoms with Gasteiger partial charge in [-0.1, -0.05) is 6.07 Å². The second-order valence-electron chi connectivity index (χ2n) is 4.60. The zero-order valence-electron chi connectivity index (χ0n) is 10.3. The molecule has 1 aromatic rings. The van der Waals surface area contributed by atoms with Crippen LogP contribution in [0.2, 0.25) is 0 Å². The van der Waals surface area contributed by atoms with E-state index in [-0.39, 0.29) is 5.60 Å². The van der Waals surface area contributed by atoms with Gasteiger partial charge in [-0.2, -0.15) is 0 Å². The minimum absolute atomic E-state index is 0.316. The molecule has 1 atom stereocenters. The summed E-state index contributed by atoms with van der Waals surface area (Å²) in [4.78, 5) is 4.42. The summed E-state index contributed by atoms with van der Waals surface area (Å²) in [5, 5.41) is 0. The fourth-order valence-corrected chi connectivity index (χ4v) is 2.07. The Bertz CT molecular complexity index is 362. The smallest absolute Gasteiger partial charge is 0.104 e. The van der Waals surface area contributed by atoms with Crippen LogP contribution in [0.15, 0.2) is 18.2 Å². The van der Waals surface area contributed by atoms with Crippen LogP contribution in [-0.4, -0.2) is 30.3 Å². The molecule has 1 saturated heterocycles. The van der Waals surface area contributed by atoms with E-state index in [4.69, 9.17) is 15.2 Å². The number of nitrogens with zero attached hydrogens (tertiary/aromatic N) is 1. The van der Waals surface area contributed by atoms with Gasteiger partial charge in [-0.25, -0.2) is 0 Å². The lowest BCUT2D eigenvalue weighted by Crippen LogP contribution is -2.47. The molecule has 0 aliphatic carbocycles. The molecule has 0 spiro atoms. The molecule has 1 aliphatic heterocycles. The molecule has 1 aliphatic rings. The molecule has 1 fully saturated rings. The average Bonchev–Trinajstić information content (AvgIpc) is 2.38. The molecule has 0 aromatic carbocycles. The highest BCUT2D eigenvalue weighted by atomic mass is 16.5.